The molecule has 0 atom stereocenters. The molecular formula is C22H24BBrCl2N7S3. The second-order valence-electron chi connectivity index (χ2n) is 6.77. The number of rotatable bonds is 6. The summed E-state index contributed by atoms with van der Waals surface area (Å²) < 4.78 is 7.50. The van der Waals surface area contributed by atoms with Crippen molar-refractivity contribution in [3.05, 3.63) is 57.8 Å². The average Bonchev–Trinajstić information content (AvgIpc) is 3.42. The Morgan fingerprint density at radius 3 is 1.83 bits per heavy atom. The summed E-state index contributed by atoms with van der Waals surface area (Å²) in [4.78, 5) is 19.6. The molecule has 1 radical (unpaired) electrons. The van der Waals surface area contributed by atoms with Crippen molar-refractivity contribution in [1.82, 2.24) is 29.1 Å². The van der Waals surface area contributed by atoms with Crippen LogP contribution >= 0.6 is 75.5 Å². The Bertz CT molecular complexity index is 1290. The van der Waals surface area contributed by atoms with E-state index in [4.69, 9.17) is 23.2 Å². The predicted molar refractivity (Wildman–Crippen MR) is 161 cm³/mol. The fraction of sp³-hybridized carbons (Fsp3) is 0.273. The molecule has 0 bridgehead atoms. The van der Waals surface area contributed by atoms with Crippen LogP contribution in [0.3, 0.4) is 0 Å². The second-order valence-corrected chi connectivity index (χ2v) is 11.2. The number of halogens is 3. The summed E-state index contributed by atoms with van der Waals surface area (Å²) in [5.41, 5.74) is 1.68. The van der Waals surface area contributed by atoms with Crippen LogP contribution in [0.2, 0.25) is 10.3 Å². The molecule has 0 N–H and O–H groups in total. The van der Waals surface area contributed by atoms with E-state index in [-0.39, 0.29) is 0 Å². The minimum atomic E-state index is 0.486. The first kappa shape index (κ1) is 30.9. The van der Waals surface area contributed by atoms with Gasteiger partial charge in [0.05, 0.1) is 6.20 Å². The quantitative estimate of drug-likeness (QED) is 0.102. The van der Waals surface area contributed by atoms with E-state index in [9.17, 15) is 0 Å². The van der Waals surface area contributed by atoms with Crippen molar-refractivity contribution in [2.45, 2.75) is 23.6 Å². The van der Waals surface area contributed by atoms with Crippen LogP contribution in [0.25, 0.3) is 23.0 Å². The predicted octanol–water partition coefficient (Wildman–Crippen LogP) is 7.44. The summed E-state index contributed by atoms with van der Waals surface area (Å²) >= 11 is 22.0. The first-order valence-corrected chi connectivity index (χ1v) is 14.5. The van der Waals surface area contributed by atoms with Crippen LogP contribution in [0.1, 0.15) is 13.8 Å². The van der Waals surface area contributed by atoms with Crippen LogP contribution in [0.4, 0.5) is 0 Å². The molecule has 4 heterocycles. The zero-order chi connectivity index (χ0) is 26.7. The molecule has 189 valence electrons. The molecule has 0 unspecified atom stereocenters. The van der Waals surface area contributed by atoms with E-state index in [1.165, 1.54) is 0 Å². The fourth-order valence-corrected chi connectivity index (χ4v) is 4.98. The van der Waals surface area contributed by atoms with Crippen LogP contribution in [0.15, 0.2) is 61.6 Å². The van der Waals surface area contributed by atoms with Crippen LogP contribution < -0.4 is 0 Å². The first-order valence-electron chi connectivity index (χ1n) is 10.5. The van der Waals surface area contributed by atoms with Crippen molar-refractivity contribution in [2.75, 3.05) is 11.5 Å². The molecule has 0 saturated heterocycles. The number of imidazole rings is 2. The fourth-order valence-electron chi connectivity index (χ4n) is 2.91. The molecule has 36 heavy (non-hydrogen) atoms. The molecular weight excluding hydrogens is 620 g/mol. The van der Waals surface area contributed by atoms with Crippen molar-refractivity contribution in [2.24, 2.45) is 18.4 Å². The maximum atomic E-state index is 5.96. The number of pyridine rings is 2. The normalized spacial score (nSPS) is 10.2. The Morgan fingerprint density at radius 2 is 1.44 bits per heavy atom. The topological polar surface area (TPSA) is 73.8 Å². The monoisotopic (exact) mass is 642 g/mol. The minimum absolute atomic E-state index is 0.486. The van der Waals surface area contributed by atoms with Gasteiger partial charge in [-0.3, -0.25) is 0 Å². The van der Waals surface area contributed by atoms with Gasteiger partial charge in [0, 0.05) is 36.3 Å². The molecule has 0 saturated carbocycles. The van der Waals surface area contributed by atoms with Gasteiger partial charge in [-0.05, 0) is 51.7 Å². The van der Waals surface area contributed by atoms with E-state index < -0.39 is 0 Å². The van der Waals surface area contributed by atoms with Gasteiger partial charge in [0.15, 0.2) is 11.6 Å². The van der Waals surface area contributed by atoms with Crippen LogP contribution in [-0.2, 0) is 14.1 Å². The molecule has 0 fully saturated rings. The molecule has 0 aliphatic rings. The van der Waals surface area contributed by atoms with Gasteiger partial charge in [0.2, 0.25) is 0 Å². The number of thiol groups is 1. The van der Waals surface area contributed by atoms with Gasteiger partial charge in [-0.2, -0.15) is 0 Å². The molecule has 0 aromatic carbocycles. The van der Waals surface area contributed by atoms with Crippen LogP contribution in [0, 0.1) is 0 Å². The summed E-state index contributed by atoms with van der Waals surface area (Å²) in [5, 5.41) is 0.984. The molecule has 14 heteroatoms. The molecule has 0 aliphatic carbocycles. The number of aryl methyl sites for hydroxylation is 1. The Morgan fingerprint density at radius 1 is 0.944 bits per heavy atom. The zero-order valence-corrected chi connectivity index (χ0v) is 25.7. The van der Waals surface area contributed by atoms with E-state index in [1.807, 2.05) is 47.6 Å². The Kier molecular flexibility index (Phi) is 13.6. The van der Waals surface area contributed by atoms with Crippen LogP contribution in [-0.4, -0.2) is 48.2 Å². The molecule has 4 aromatic heterocycles. The van der Waals surface area contributed by atoms with Crippen molar-refractivity contribution >= 4 is 83.1 Å². The van der Waals surface area contributed by atoms with Gasteiger partial charge < -0.3 is 9.13 Å². The number of aromatic nitrogens is 6. The van der Waals surface area contributed by atoms with E-state index in [0.29, 0.717) is 10.3 Å². The Labute approximate surface area is 245 Å². The Hall–Kier alpha value is -1.31. The van der Waals surface area contributed by atoms with E-state index in [2.05, 4.69) is 74.5 Å². The first-order chi connectivity index (χ1) is 17.3. The van der Waals surface area contributed by atoms with E-state index in [1.54, 1.807) is 42.0 Å². The third kappa shape index (κ3) is 8.63. The van der Waals surface area contributed by atoms with Gasteiger partial charge in [0.25, 0.3) is 0 Å². The summed E-state index contributed by atoms with van der Waals surface area (Å²) in [5.74, 6) is 3.65. The third-order valence-electron chi connectivity index (χ3n) is 4.42. The average molecular weight is 644 g/mol. The van der Waals surface area contributed by atoms with Gasteiger partial charge in [0.1, 0.15) is 26.3 Å². The molecule has 4 aromatic rings. The molecule has 7 nitrogen and oxygen atoms in total. The second kappa shape index (κ2) is 15.8. The number of hydrogen-bond acceptors (Lipinski definition) is 8. The van der Waals surface area contributed by atoms with E-state index >= 15 is 0 Å². The molecule has 0 aliphatic heterocycles. The summed E-state index contributed by atoms with van der Waals surface area (Å²) in [6.45, 7) is 4.22. The molecule has 0 spiro atoms. The van der Waals surface area contributed by atoms with Crippen molar-refractivity contribution in [3.8, 4) is 23.0 Å². The number of hydrogen-bond donors (Lipinski definition) is 1. The van der Waals surface area contributed by atoms with Gasteiger partial charge in [-0.15, -0.1) is 23.5 Å². The van der Waals surface area contributed by atoms with Crippen molar-refractivity contribution in [3.63, 3.8) is 0 Å². The third-order valence-corrected chi connectivity index (χ3v) is 7.44. The van der Waals surface area contributed by atoms with Crippen molar-refractivity contribution < 1.29 is 0 Å². The summed E-state index contributed by atoms with van der Waals surface area (Å²) in [6, 6.07) is 7.60. The van der Waals surface area contributed by atoms with Crippen LogP contribution in [0.5, 0.6) is 0 Å². The van der Waals surface area contributed by atoms with Gasteiger partial charge in [-0.25, -0.2) is 19.9 Å². The summed E-state index contributed by atoms with van der Waals surface area (Å²) in [6.07, 6.45) is 5.43. The molecule has 0 amide bonds. The molecule has 4 rings (SSSR count). The van der Waals surface area contributed by atoms with Crippen molar-refractivity contribution in [1.29, 1.82) is 0 Å². The van der Waals surface area contributed by atoms with Gasteiger partial charge >= 0.3 is 24.8 Å². The maximum absolute atomic E-state index is 5.96. The number of nitrogens with zero attached hydrogens (tertiary/aromatic N) is 7. The standard InChI is InChI=1S/C11H11BrClN3S.C11H12ClN3S.BHNS/c1-3-17-7-4-5-9(13)15-10(7)11-14-6-8(12)16(11)2;1-3-16-8-4-5-9(12)14-10(8)11-13-6-7-15(11)2;1-2-3/h4-6H,3H2,1-2H3;4-7H,3H2,1-2H3;3H. The van der Waals surface area contributed by atoms with E-state index in [0.717, 1.165) is 48.9 Å². The summed E-state index contributed by atoms with van der Waals surface area (Å²) in [7, 11) is 8.23. The zero-order valence-electron chi connectivity index (χ0n) is 20.1. The SMILES string of the molecule is CCSc1ccc(Cl)nc1-c1ncc(Br)n1C.CCSc1ccc(Cl)nc1-c1nccn1C.[B]=NS. The number of thioether (sulfide) groups is 2. The Balaban J connectivity index is 0.000000229. The van der Waals surface area contributed by atoms with Gasteiger partial charge in [-0.1, -0.05) is 37.0 Å².